The first-order chi connectivity index (χ1) is 31.8. The van der Waals surface area contributed by atoms with Crippen molar-refractivity contribution in [3.63, 3.8) is 0 Å². The first kappa shape index (κ1) is 58.6. The highest BCUT2D eigenvalue weighted by Gasteiger charge is 2.42. The molecule has 5 N–H and O–H groups in total. The molecule has 2 aliphatic heterocycles. The van der Waals surface area contributed by atoms with Crippen molar-refractivity contribution in [2.75, 3.05) is 190 Å². The van der Waals surface area contributed by atoms with Crippen molar-refractivity contribution in [2.45, 2.75) is 55.9 Å². The Bertz CT molecular complexity index is 1140. The van der Waals surface area contributed by atoms with E-state index in [1.54, 1.807) is 0 Å². The molecular formula is C42H78N4O18S. The molecule has 2 heterocycles. The number of rotatable bonds is 50. The number of carbonyl (C=O) groups is 4. The Labute approximate surface area is 388 Å². The number of carbonyl (C=O) groups excluding carboxylic acids is 2. The van der Waals surface area contributed by atoms with Gasteiger partial charge in [-0.15, -0.1) is 0 Å². The van der Waals surface area contributed by atoms with E-state index in [2.05, 4.69) is 20.9 Å². The molecule has 0 spiro atoms. The largest absolute Gasteiger partial charge is 0.481 e. The number of hydrogen-bond acceptors (Lipinski definition) is 18. The molecular weight excluding hydrogens is 881 g/mol. The van der Waals surface area contributed by atoms with Crippen LogP contribution in [0.15, 0.2) is 0 Å². The van der Waals surface area contributed by atoms with E-state index < -0.39 is 11.9 Å². The maximum atomic E-state index is 12.1. The minimum Gasteiger partial charge on any atom is -0.481 e. The molecule has 0 aromatic heterocycles. The third-order valence-electron chi connectivity index (χ3n) is 9.57. The van der Waals surface area contributed by atoms with E-state index in [0.717, 1.165) is 25.0 Å². The Morgan fingerprint density at radius 3 is 1.28 bits per heavy atom. The van der Waals surface area contributed by atoms with Gasteiger partial charge in [0, 0.05) is 43.6 Å². The maximum Gasteiger partial charge on any atom is 0.315 e. The molecule has 2 rings (SSSR count). The van der Waals surface area contributed by atoms with Crippen LogP contribution in [0.3, 0.4) is 0 Å². The Morgan fingerprint density at radius 1 is 0.508 bits per heavy atom. The number of nitrogens with zero attached hydrogens (tertiary/aromatic N) is 1. The summed E-state index contributed by atoms with van der Waals surface area (Å²) >= 11 is 1.89. The normalized spacial score (nSPS) is 16.8. The second kappa shape index (κ2) is 42.8. The molecule has 1 unspecified atom stereocenters. The molecule has 0 aliphatic carbocycles. The monoisotopic (exact) mass is 959 g/mol. The summed E-state index contributed by atoms with van der Waals surface area (Å²) in [7, 11) is 0. The van der Waals surface area contributed by atoms with Gasteiger partial charge in [0.25, 0.3) is 0 Å². The number of amides is 3. The van der Waals surface area contributed by atoms with Crippen LogP contribution in [0.5, 0.6) is 0 Å². The Hall–Kier alpha value is -2.49. The number of hydrogen-bond donors (Lipinski definition) is 5. The van der Waals surface area contributed by atoms with Gasteiger partial charge in [-0.05, 0) is 12.8 Å². The average molecular weight is 959 g/mol. The second-order valence-electron chi connectivity index (χ2n) is 14.7. The van der Waals surface area contributed by atoms with Gasteiger partial charge in [0.1, 0.15) is 0 Å². The van der Waals surface area contributed by atoms with E-state index in [1.807, 2.05) is 11.8 Å². The summed E-state index contributed by atoms with van der Waals surface area (Å²) in [5.41, 5.74) is 0. The molecule has 0 aromatic rings. The van der Waals surface area contributed by atoms with Gasteiger partial charge in [-0.2, -0.15) is 11.8 Å². The predicted octanol–water partition coefficient (Wildman–Crippen LogP) is 0.279. The number of fused-ring (bicyclic) bond motifs is 1. The molecule has 65 heavy (non-hydrogen) atoms. The summed E-state index contributed by atoms with van der Waals surface area (Å²) in [5, 5.41) is 26.5. The highest BCUT2D eigenvalue weighted by molar-refractivity contribution is 8.00. The standard InChI is InChI=1S/C42H78N4O18S/c47-38(4-2-1-3-37-41-36(35-65-37)44-42(52)45-41)43-7-13-55-19-25-61-31-34-64-28-22-58-16-10-46(8-14-56-20-26-62-32-29-59-23-17-53-11-5-39(48)49)9-15-57-21-27-63-33-30-60-24-18-54-12-6-40(50)51/h36-37,41H,1-35H2,(H,43,47)(H,48,49)(H,50,51)(H2,44,45,52)/t36-,37?,41-/m1/s1. The second-order valence-corrected chi connectivity index (χ2v) is 16.0. The average Bonchev–Trinajstić information content (AvgIpc) is 3.84. The molecule has 3 atom stereocenters. The van der Waals surface area contributed by atoms with Gasteiger partial charge in [0.05, 0.1) is 183 Å². The van der Waals surface area contributed by atoms with Crippen LogP contribution in [0.1, 0.15) is 38.5 Å². The molecule has 0 radical (unpaired) electrons. The van der Waals surface area contributed by atoms with Crippen LogP contribution in [0, 0.1) is 0 Å². The van der Waals surface area contributed by atoms with Crippen molar-refractivity contribution in [3.05, 3.63) is 0 Å². The van der Waals surface area contributed by atoms with Gasteiger partial charge in [-0.3, -0.25) is 19.3 Å². The first-order valence-electron chi connectivity index (χ1n) is 22.9. The number of aliphatic carboxylic acids is 2. The number of urea groups is 1. The minimum atomic E-state index is -0.892. The minimum absolute atomic E-state index is 0.0252. The van der Waals surface area contributed by atoms with Crippen molar-refractivity contribution in [1.82, 2.24) is 20.9 Å². The molecule has 0 aromatic carbocycles. The highest BCUT2D eigenvalue weighted by Crippen LogP contribution is 2.33. The fourth-order valence-electron chi connectivity index (χ4n) is 6.15. The number of nitrogens with one attached hydrogen (secondary N) is 3. The van der Waals surface area contributed by atoms with E-state index >= 15 is 0 Å². The Morgan fingerprint density at radius 2 is 0.877 bits per heavy atom. The number of carboxylic acids is 2. The smallest absolute Gasteiger partial charge is 0.315 e. The lowest BCUT2D eigenvalue weighted by Gasteiger charge is -2.22. The molecule has 2 aliphatic rings. The van der Waals surface area contributed by atoms with E-state index in [4.69, 9.17) is 67.1 Å². The quantitative estimate of drug-likeness (QED) is 0.0405. The molecule has 2 fully saturated rings. The molecule has 22 nitrogen and oxygen atoms in total. The molecule has 2 saturated heterocycles. The van der Waals surface area contributed by atoms with Crippen molar-refractivity contribution >= 4 is 35.6 Å². The van der Waals surface area contributed by atoms with Crippen LogP contribution in [0.25, 0.3) is 0 Å². The lowest BCUT2D eigenvalue weighted by molar-refractivity contribution is -0.139. The first-order valence-corrected chi connectivity index (χ1v) is 23.9. The van der Waals surface area contributed by atoms with Gasteiger partial charge in [-0.25, -0.2) is 4.79 Å². The Kier molecular flexibility index (Phi) is 38.6. The lowest BCUT2D eigenvalue weighted by atomic mass is 10.0. The van der Waals surface area contributed by atoms with Gasteiger partial charge in [0.15, 0.2) is 0 Å². The molecule has 380 valence electrons. The molecule has 3 amide bonds. The SMILES string of the molecule is O=C(O)CCOCCOCCOCCOCCN(CCOCCOCCOCCOCCNC(=O)CCCCC1SC[C@H]2NC(=O)N[C@@H]12)CCOCCOCCOCCOCCC(=O)O. The topological polar surface area (TPSA) is 259 Å². The summed E-state index contributed by atoms with van der Waals surface area (Å²) < 4.78 is 66.3. The number of unbranched alkanes of at least 4 members (excludes halogenated alkanes) is 1. The van der Waals surface area contributed by atoms with Crippen LogP contribution < -0.4 is 16.0 Å². The zero-order chi connectivity index (χ0) is 46.7. The van der Waals surface area contributed by atoms with Crippen molar-refractivity contribution in [2.24, 2.45) is 0 Å². The zero-order valence-corrected chi connectivity index (χ0v) is 39.1. The summed E-state index contributed by atoms with van der Waals surface area (Å²) in [6.45, 7) is 12.3. The van der Waals surface area contributed by atoms with Crippen molar-refractivity contribution < 1.29 is 86.2 Å². The van der Waals surface area contributed by atoms with Crippen molar-refractivity contribution in [1.29, 1.82) is 0 Å². The number of carboxylic acid groups (broad SMARTS) is 2. The van der Waals surface area contributed by atoms with E-state index in [1.165, 1.54) is 0 Å². The fourth-order valence-corrected chi connectivity index (χ4v) is 7.69. The number of thioether (sulfide) groups is 1. The van der Waals surface area contributed by atoms with Gasteiger partial charge < -0.3 is 83.0 Å². The molecule has 0 saturated carbocycles. The van der Waals surface area contributed by atoms with Gasteiger partial charge in [0.2, 0.25) is 5.91 Å². The van der Waals surface area contributed by atoms with E-state index in [0.29, 0.717) is 183 Å². The van der Waals surface area contributed by atoms with Crippen LogP contribution in [0.2, 0.25) is 0 Å². The summed E-state index contributed by atoms with van der Waals surface area (Å²) in [6, 6.07) is 0.360. The summed E-state index contributed by atoms with van der Waals surface area (Å²) in [4.78, 5) is 46.8. The van der Waals surface area contributed by atoms with Crippen LogP contribution in [0.4, 0.5) is 4.79 Å². The summed E-state index contributed by atoms with van der Waals surface area (Å²) in [5.74, 6) is -0.814. The third kappa shape index (κ3) is 36.3. The van der Waals surface area contributed by atoms with E-state index in [9.17, 15) is 19.2 Å². The van der Waals surface area contributed by atoms with Crippen molar-refractivity contribution in [3.8, 4) is 0 Å². The Balaban J connectivity index is 1.41. The predicted molar refractivity (Wildman–Crippen MR) is 238 cm³/mol. The van der Waals surface area contributed by atoms with Crippen LogP contribution >= 0.6 is 11.8 Å². The van der Waals surface area contributed by atoms with E-state index in [-0.39, 0.29) is 50.1 Å². The maximum absolute atomic E-state index is 12.1. The summed E-state index contributed by atoms with van der Waals surface area (Å²) in [6.07, 6.45) is 3.21. The van der Waals surface area contributed by atoms with Crippen LogP contribution in [-0.2, 0) is 71.2 Å². The molecule has 23 heteroatoms. The lowest BCUT2D eigenvalue weighted by Crippen LogP contribution is -2.36. The third-order valence-corrected chi connectivity index (χ3v) is 11.1. The molecule has 0 bridgehead atoms. The van der Waals surface area contributed by atoms with Gasteiger partial charge >= 0.3 is 18.0 Å². The fraction of sp³-hybridized carbons (Fsp3) is 0.905. The van der Waals surface area contributed by atoms with Crippen LogP contribution in [-0.4, -0.2) is 247 Å². The highest BCUT2D eigenvalue weighted by atomic mass is 32.2. The number of ether oxygens (including phenoxy) is 12. The zero-order valence-electron chi connectivity index (χ0n) is 38.3. The van der Waals surface area contributed by atoms with Gasteiger partial charge in [-0.1, -0.05) is 6.42 Å².